The number of ketones is 1. The SMILES string of the molecule is CCn1ncc(Br)c1C(=O)CC(CN)CC(C)C. The van der Waals surface area contributed by atoms with Crippen LogP contribution >= 0.6 is 15.9 Å². The zero-order chi connectivity index (χ0) is 13.7. The van der Waals surface area contributed by atoms with Crippen LogP contribution < -0.4 is 5.73 Å². The first-order valence-electron chi connectivity index (χ1n) is 6.44. The topological polar surface area (TPSA) is 60.9 Å². The summed E-state index contributed by atoms with van der Waals surface area (Å²) in [6.07, 6.45) is 3.16. The summed E-state index contributed by atoms with van der Waals surface area (Å²) in [6, 6.07) is 0. The van der Waals surface area contributed by atoms with Crippen LogP contribution in [-0.2, 0) is 6.54 Å². The molecule has 0 spiro atoms. The molecule has 2 N–H and O–H groups in total. The third-order valence-electron chi connectivity index (χ3n) is 2.97. The molecule has 0 aromatic carbocycles. The van der Waals surface area contributed by atoms with E-state index in [1.807, 2.05) is 6.92 Å². The maximum Gasteiger partial charge on any atom is 0.182 e. The summed E-state index contributed by atoms with van der Waals surface area (Å²) in [7, 11) is 0. The van der Waals surface area contributed by atoms with Crippen molar-refractivity contribution >= 4 is 21.7 Å². The Morgan fingerprint density at radius 2 is 2.22 bits per heavy atom. The Morgan fingerprint density at radius 1 is 1.56 bits per heavy atom. The van der Waals surface area contributed by atoms with Gasteiger partial charge in [0.2, 0.25) is 0 Å². The molecule has 1 rings (SSSR count). The standard InChI is InChI=1S/C13H22BrN3O/c1-4-17-13(11(14)8-16-17)12(18)6-10(7-15)5-9(2)3/h8-10H,4-7,15H2,1-3H3. The van der Waals surface area contributed by atoms with Gasteiger partial charge >= 0.3 is 0 Å². The van der Waals surface area contributed by atoms with E-state index in [1.54, 1.807) is 10.9 Å². The lowest BCUT2D eigenvalue weighted by molar-refractivity contribution is 0.0946. The second kappa shape index (κ2) is 7.04. The number of aromatic nitrogens is 2. The van der Waals surface area contributed by atoms with E-state index in [0.29, 0.717) is 31.1 Å². The monoisotopic (exact) mass is 315 g/mol. The Hall–Kier alpha value is -0.680. The summed E-state index contributed by atoms with van der Waals surface area (Å²) < 4.78 is 2.50. The number of nitrogens with zero attached hydrogens (tertiary/aromatic N) is 2. The third kappa shape index (κ3) is 3.92. The maximum absolute atomic E-state index is 12.3. The van der Waals surface area contributed by atoms with Gasteiger partial charge in [0.25, 0.3) is 0 Å². The Morgan fingerprint density at radius 3 is 2.72 bits per heavy atom. The second-order valence-electron chi connectivity index (χ2n) is 5.02. The number of hydrogen-bond acceptors (Lipinski definition) is 3. The van der Waals surface area contributed by atoms with Crippen molar-refractivity contribution < 1.29 is 4.79 Å². The van der Waals surface area contributed by atoms with Gasteiger partial charge in [-0.3, -0.25) is 9.48 Å². The number of halogens is 1. The normalized spacial score (nSPS) is 13.0. The Labute approximate surface area is 117 Å². The lowest BCUT2D eigenvalue weighted by Crippen LogP contribution is -2.21. The molecule has 1 heterocycles. The van der Waals surface area contributed by atoms with E-state index in [-0.39, 0.29) is 11.7 Å². The van der Waals surface area contributed by atoms with Crippen LogP contribution in [0.1, 0.15) is 44.1 Å². The molecule has 1 aromatic heterocycles. The lowest BCUT2D eigenvalue weighted by Gasteiger charge is -2.16. The quantitative estimate of drug-likeness (QED) is 0.787. The van der Waals surface area contributed by atoms with E-state index >= 15 is 0 Å². The number of carbonyl (C=O) groups excluding carboxylic acids is 1. The fraction of sp³-hybridized carbons (Fsp3) is 0.692. The highest BCUT2D eigenvalue weighted by atomic mass is 79.9. The average molecular weight is 316 g/mol. The highest BCUT2D eigenvalue weighted by Gasteiger charge is 2.20. The van der Waals surface area contributed by atoms with Crippen LogP contribution in [0.4, 0.5) is 0 Å². The van der Waals surface area contributed by atoms with Gasteiger partial charge in [-0.15, -0.1) is 0 Å². The summed E-state index contributed by atoms with van der Waals surface area (Å²) in [5.41, 5.74) is 6.41. The highest BCUT2D eigenvalue weighted by molar-refractivity contribution is 9.10. The molecule has 0 saturated carbocycles. The van der Waals surface area contributed by atoms with Crippen molar-refractivity contribution in [2.45, 2.75) is 40.2 Å². The van der Waals surface area contributed by atoms with Gasteiger partial charge in [-0.05, 0) is 47.7 Å². The fourth-order valence-electron chi connectivity index (χ4n) is 2.17. The Bertz CT molecular complexity index is 401. The van der Waals surface area contributed by atoms with Crippen LogP contribution in [0.15, 0.2) is 10.7 Å². The van der Waals surface area contributed by atoms with Crippen LogP contribution in [0.3, 0.4) is 0 Å². The zero-order valence-corrected chi connectivity index (χ0v) is 12.9. The van der Waals surface area contributed by atoms with Gasteiger partial charge in [-0.2, -0.15) is 5.10 Å². The van der Waals surface area contributed by atoms with E-state index in [0.717, 1.165) is 10.9 Å². The average Bonchev–Trinajstić information content (AvgIpc) is 2.68. The molecule has 0 radical (unpaired) electrons. The summed E-state index contributed by atoms with van der Waals surface area (Å²) in [5.74, 6) is 0.938. The van der Waals surface area contributed by atoms with Crippen LogP contribution in [0.25, 0.3) is 0 Å². The van der Waals surface area contributed by atoms with Crippen molar-refractivity contribution in [1.29, 1.82) is 0 Å². The van der Waals surface area contributed by atoms with Gasteiger partial charge < -0.3 is 5.73 Å². The van der Waals surface area contributed by atoms with E-state index in [1.165, 1.54) is 0 Å². The molecule has 0 bridgehead atoms. The van der Waals surface area contributed by atoms with Gasteiger partial charge in [0.1, 0.15) is 5.69 Å². The van der Waals surface area contributed by atoms with Crippen LogP contribution in [0, 0.1) is 11.8 Å². The minimum Gasteiger partial charge on any atom is -0.330 e. The summed E-state index contributed by atoms with van der Waals surface area (Å²) in [6.45, 7) is 7.54. The number of hydrogen-bond donors (Lipinski definition) is 1. The summed E-state index contributed by atoms with van der Waals surface area (Å²) >= 11 is 3.39. The minimum atomic E-state index is 0.123. The molecule has 0 aliphatic heterocycles. The van der Waals surface area contributed by atoms with Crippen molar-refractivity contribution in [3.8, 4) is 0 Å². The van der Waals surface area contributed by atoms with Crippen molar-refractivity contribution in [1.82, 2.24) is 9.78 Å². The molecule has 0 aliphatic rings. The summed E-state index contributed by atoms with van der Waals surface area (Å²) in [5, 5.41) is 4.17. The minimum absolute atomic E-state index is 0.123. The molecule has 4 nitrogen and oxygen atoms in total. The van der Waals surface area contributed by atoms with Gasteiger partial charge in [0, 0.05) is 13.0 Å². The zero-order valence-electron chi connectivity index (χ0n) is 11.3. The van der Waals surface area contributed by atoms with Gasteiger partial charge in [0.15, 0.2) is 5.78 Å². The largest absolute Gasteiger partial charge is 0.330 e. The number of carbonyl (C=O) groups is 1. The predicted molar refractivity (Wildman–Crippen MR) is 76.5 cm³/mol. The molecule has 5 heteroatoms. The molecule has 102 valence electrons. The van der Waals surface area contributed by atoms with Gasteiger partial charge in [-0.25, -0.2) is 0 Å². The number of aryl methyl sites for hydroxylation is 1. The first-order chi connectivity index (χ1) is 8.49. The van der Waals surface area contributed by atoms with Crippen LogP contribution in [0.5, 0.6) is 0 Å². The molecule has 1 unspecified atom stereocenters. The van der Waals surface area contributed by atoms with E-state index < -0.39 is 0 Å². The smallest absolute Gasteiger partial charge is 0.182 e. The van der Waals surface area contributed by atoms with Gasteiger partial charge in [0.05, 0.1) is 10.7 Å². The van der Waals surface area contributed by atoms with Crippen molar-refractivity contribution in [3.05, 3.63) is 16.4 Å². The molecule has 0 fully saturated rings. The first kappa shape index (κ1) is 15.4. The molecular formula is C13H22BrN3O. The van der Waals surface area contributed by atoms with Crippen molar-refractivity contribution in [2.24, 2.45) is 17.6 Å². The Balaban J connectivity index is 2.77. The molecule has 0 saturated heterocycles. The maximum atomic E-state index is 12.3. The van der Waals surface area contributed by atoms with Crippen LogP contribution in [-0.4, -0.2) is 22.1 Å². The number of rotatable bonds is 7. The molecular weight excluding hydrogens is 294 g/mol. The van der Waals surface area contributed by atoms with E-state index in [4.69, 9.17) is 5.73 Å². The number of nitrogens with two attached hydrogens (primary N) is 1. The molecule has 0 aliphatic carbocycles. The summed E-state index contributed by atoms with van der Waals surface area (Å²) in [4.78, 5) is 12.3. The fourth-order valence-corrected chi connectivity index (χ4v) is 2.69. The second-order valence-corrected chi connectivity index (χ2v) is 5.87. The predicted octanol–water partition coefficient (Wildman–Crippen LogP) is 2.86. The van der Waals surface area contributed by atoms with E-state index in [9.17, 15) is 4.79 Å². The highest BCUT2D eigenvalue weighted by Crippen LogP contribution is 2.22. The first-order valence-corrected chi connectivity index (χ1v) is 7.23. The lowest BCUT2D eigenvalue weighted by atomic mass is 9.92. The number of Topliss-reactive ketones (excluding diaryl/α,β-unsaturated/α-hetero) is 1. The van der Waals surface area contributed by atoms with E-state index in [2.05, 4.69) is 34.9 Å². The molecule has 1 atom stereocenters. The molecule has 0 amide bonds. The van der Waals surface area contributed by atoms with Gasteiger partial charge in [-0.1, -0.05) is 13.8 Å². The third-order valence-corrected chi connectivity index (χ3v) is 3.55. The van der Waals surface area contributed by atoms with Crippen molar-refractivity contribution in [2.75, 3.05) is 6.54 Å². The van der Waals surface area contributed by atoms with Crippen molar-refractivity contribution in [3.63, 3.8) is 0 Å². The molecule has 1 aromatic rings. The molecule has 18 heavy (non-hydrogen) atoms. The Kier molecular flexibility index (Phi) is 6.02. The van der Waals surface area contributed by atoms with Crippen LogP contribution in [0.2, 0.25) is 0 Å².